The third-order valence-corrected chi connectivity index (χ3v) is 9.19. The van der Waals surface area contributed by atoms with Gasteiger partial charge >= 0.3 is 5.97 Å². The number of fused-ring (bicyclic) bond motifs is 2. The van der Waals surface area contributed by atoms with Crippen LogP contribution in [-0.4, -0.2) is 56.2 Å². The number of rotatable bonds is 13. The number of benzene rings is 1. The number of nitrogens with one attached hydrogen (secondary N) is 1. The van der Waals surface area contributed by atoms with E-state index in [1.54, 1.807) is 24.3 Å². The molecule has 0 spiro atoms. The Labute approximate surface area is 206 Å². The average Bonchev–Trinajstić information content (AvgIpc) is 3.10. The second-order valence-corrected chi connectivity index (χ2v) is 11.9. The number of carboxylic acids is 1. The van der Waals surface area contributed by atoms with Crippen LogP contribution in [-0.2, 0) is 26.0 Å². The highest BCUT2D eigenvalue weighted by Crippen LogP contribution is 2.64. The van der Waals surface area contributed by atoms with Crippen LogP contribution in [0, 0.1) is 16.7 Å². The summed E-state index contributed by atoms with van der Waals surface area (Å²) < 4.78 is 34.1. The van der Waals surface area contributed by atoms with Crippen molar-refractivity contribution in [2.75, 3.05) is 18.9 Å². The molecule has 0 aromatic heterocycles. The van der Waals surface area contributed by atoms with Crippen LogP contribution in [0.2, 0.25) is 0 Å². The molecule has 2 aliphatic rings. The SMILES string of the molecule is CC1(C)C2CCC1(CS(=O)(=O)NC(Cc1ccc(OCCCCN=C(N)N)cc1)C(=O)O)C(=O)C2. The predicted octanol–water partition coefficient (Wildman–Crippen LogP) is 1.43. The summed E-state index contributed by atoms with van der Waals surface area (Å²) >= 11 is 0. The number of carbonyl (C=O) groups excluding carboxylic acids is 1. The lowest BCUT2D eigenvalue weighted by molar-refractivity contribution is -0.138. The van der Waals surface area contributed by atoms with Crippen LogP contribution >= 0.6 is 0 Å². The Balaban J connectivity index is 1.57. The molecule has 6 N–H and O–H groups in total. The van der Waals surface area contributed by atoms with Crippen LogP contribution in [0.3, 0.4) is 0 Å². The van der Waals surface area contributed by atoms with Crippen LogP contribution in [0.1, 0.15) is 51.5 Å². The van der Waals surface area contributed by atoms with Crippen molar-refractivity contribution in [3.05, 3.63) is 29.8 Å². The van der Waals surface area contributed by atoms with E-state index in [0.717, 1.165) is 19.3 Å². The Hall–Kier alpha value is -2.66. The van der Waals surface area contributed by atoms with Crippen molar-refractivity contribution in [2.24, 2.45) is 33.2 Å². The molecule has 2 saturated carbocycles. The molecule has 10 nitrogen and oxygen atoms in total. The maximum absolute atomic E-state index is 13.0. The summed E-state index contributed by atoms with van der Waals surface area (Å²) in [4.78, 5) is 28.5. The molecule has 2 fully saturated rings. The highest BCUT2D eigenvalue weighted by Gasteiger charge is 2.65. The molecular weight excluding hydrogens is 472 g/mol. The van der Waals surface area contributed by atoms with Crippen LogP contribution in [0.15, 0.2) is 29.3 Å². The molecule has 2 aliphatic carbocycles. The molecule has 3 atom stereocenters. The van der Waals surface area contributed by atoms with E-state index in [9.17, 15) is 23.1 Å². The molecule has 0 amide bonds. The molecule has 2 bridgehead atoms. The number of ether oxygens (including phenoxy) is 1. The number of nitrogens with two attached hydrogens (primary N) is 2. The zero-order chi connectivity index (χ0) is 25.9. The van der Waals surface area contributed by atoms with E-state index in [2.05, 4.69) is 9.71 Å². The van der Waals surface area contributed by atoms with Crippen LogP contribution in [0.25, 0.3) is 0 Å². The molecular formula is C24H36N4O6S. The monoisotopic (exact) mass is 508 g/mol. The zero-order valence-corrected chi connectivity index (χ0v) is 21.1. The molecule has 0 saturated heterocycles. The van der Waals surface area contributed by atoms with Crippen molar-refractivity contribution >= 4 is 27.7 Å². The van der Waals surface area contributed by atoms with E-state index in [0.29, 0.717) is 37.3 Å². The number of nitrogens with zero attached hydrogens (tertiary/aromatic N) is 1. The third kappa shape index (κ3) is 6.13. The summed E-state index contributed by atoms with van der Waals surface area (Å²) in [6, 6.07) is 5.52. The number of carboxylic acid groups (broad SMARTS) is 1. The number of ketones is 1. The molecule has 0 heterocycles. The smallest absolute Gasteiger partial charge is 0.322 e. The lowest BCUT2D eigenvalue weighted by atomic mass is 9.70. The normalized spacial score (nSPS) is 23.7. The van der Waals surface area contributed by atoms with Gasteiger partial charge in [-0.1, -0.05) is 26.0 Å². The molecule has 194 valence electrons. The number of aliphatic carboxylic acids is 1. The molecule has 35 heavy (non-hydrogen) atoms. The second kappa shape index (κ2) is 10.5. The van der Waals surface area contributed by atoms with E-state index in [1.807, 2.05) is 13.8 Å². The lowest BCUT2D eigenvalue weighted by Gasteiger charge is -2.36. The van der Waals surface area contributed by atoms with Gasteiger partial charge in [-0.05, 0) is 61.1 Å². The van der Waals surface area contributed by atoms with E-state index in [4.69, 9.17) is 16.2 Å². The lowest BCUT2D eigenvalue weighted by Crippen LogP contribution is -2.49. The van der Waals surface area contributed by atoms with Crippen molar-refractivity contribution in [1.29, 1.82) is 0 Å². The number of aliphatic imine (C=N–C) groups is 1. The first-order valence-corrected chi connectivity index (χ1v) is 13.5. The zero-order valence-electron chi connectivity index (χ0n) is 20.3. The number of carbonyl (C=O) groups is 2. The fourth-order valence-electron chi connectivity index (χ4n) is 5.44. The first kappa shape index (κ1) is 26.9. The average molecular weight is 509 g/mol. The Kier molecular flexibility index (Phi) is 8.10. The summed E-state index contributed by atoms with van der Waals surface area (Å²) in [5.41, 5.74) is 9.83. The van der Waals surface area contributed by atoms with E-state index >= 15 is 0 Å². The molecule has 1 aromatic rings. The minimum atomic E-state index is -4.01. The highest BCUT2D eigenvalue weighted by atomic mass is 32.2. The van der Waals surface area contributed by atoms with Gasteiger partial charge in [0.25, 0.3) is 0 Å². The molecule has 3 rings (SSSR count). The van der Waals surface area contributed by atoms with Gasteiger partial charge in [-0.15, -0.1) is 0 Å². The van der Waals surface area contributed by atoms with Crippen molar-refractivity contribution in [3.8, 4) is 5.75 Å². The van der Waals surface area contributed by atoms with Gasteiger partial charge in [0, 0.05) is 18.4 Å². The van der Waals surface area contributed by atoms with E-state index in [-0.39, 0.29) is 29.8 Å². The fourth-order valence-corrected chi connectivity index (χ4v) is 7.47. The standard InChI is InChI=1S/C24H36N4O6S/c1-23(2)17-9-10-24(23,20(29)14-17)15-35(32,33)28-19(21(30)31)13-16-5-7-18(8-6-16)34-12-4-3-11-27-22(25)26/h5-8,17,19,28H,3-4,9-15H2,1-2H3,(H,30,31)(H4,25,26,27). The van der Waals surface area contributed by atoms with Crippen molar-refractivity contribution in [2.45, 2.75) is 58.4 Å². The van der Waals surface area contributed by atoms with Gasteiger partial charge < -0.3 is 21.3 Å². The first-order chi connectivity index (χ1) is 16.4. The van der Waals surface area contributed by atoms with Crippen LogP contribution in [0.5, 0.6) is 5.75 Å². The Morgan fingerprint density at radius 2 is 1.94 bits per heavy atom. The van der Waals surface area contributed by atoms with Gasteiger partial charge in [-0.2, -0.15) is 0 Å². The summed E-state index contributed by atoms with van der Waals surface area (Å²) in [6.07, 6.45) is 3.26. The topological polar surface area (TPSA) is 174 Å². The van der Waals surface area contributed by atoms with Gasteiger partial charge in [0.1, 0.15) is 17.6 Å². The fraction of sp³-hybridized carbons (Fsp3) is 0.625. The minimum absolute atomic E-state index is 0.0252. The van der Waals surface area contributed by atoms with Gasteiger partial charge in [-0.3, -0.25) is 14.6 Å². The number of hydrogen-bond donors (Lipinski definition) is 4. The number of hydrogen-bond acceptors (Lipinski definition) is 6. The Morgan fingerprint density at radius 3 is 2.49 bits per heavy atom. The summed E-state index contributed by atoms with van der Waals surface area (Å²) in [6.45, 7) is 4.92. The van der Waals surface area contributed by atoms with Crippen LogP contribution < -0.4 is 20.9 Å². The third-order valence-electron chi connectivity index (χ3n) is 7.67. The maximum atomic E-state index is 13.0. The first-order valence-electron chi connectivity index (χ1n) is 11.9. The molecule has 0 radical (unpaired) electrons. The van der Waals surface area contributed by atoms with Gasteiger partial charge in [-0.25, -0.2) is 13.1 Å². The quantitative estimate of drug-likeness (QED) is 0.176. The van der Waals surface area contributed by atoms with Crippen molar-refractivity contribution in [3.63, 3.8) is 0 Å². The predicted molar refractivity (Wildman–Crippen MR) is 132 cm³/mol. The second-order valence-electron chi connectivity index (χ2n) is 10.1. The molecule has 0 aliphatic heterocycles. The maximum Gasteiger partial charge on any atom is 0.322 e. The van der Waals surface area contributed by atoms with Crippen molar-refractivity contribution < 1.29 is 27.9 Å². The molecule has 1 aromatic carbocycles. The van der Waals surface area contributed by atoms with Gasteiger partial charge in [0.05, 0.1) is 12.4 Å². The Morgan fingerprint density at radius 1 is 1.26 bits per heavy atom. The largest absolute Gasteiger partial charge is 0.494 e. The van der Waals surface area contributed by atoms with Gasteiger partial charge in [0.2, 0.25) is 10.0 Å². The highest BCUT2D eigenvalue weighted by molar-refractivity contribution is 7.89. The summed E-state index contributed by atoms with van der Waals surface area (Å²) in [5.74, 6) is -0.802. The summed E-state index contributed by atoms with van der Waals surface area (Å²) in [5, 5.41) is 9.68. The number of unbranched alkanes of at least 4 members (excludes halogenated alkanes) is 1. The number of guanidine groups is 1. The van der Waals surface area contributed by atoms with Crippen LogP contribution in [0.4, 0.5) is 0 Å². The van der Waals surface area contributed by atoms with E-state index in [1.165, 1.54) is 0 Å². The van der Waals surface area contributed by atoms with E-state index < -0.39 is 32.9 Å². The Bertz CT molecular complexity index is 1070. The molecule has 3 unspecified atom stereocenters. The molecule has 11 heteroatoms. The van der Waals surface area contributed by atoms with Crippen molar-refractivity contribution in [1.82, 2.24) is 4.72 Å². The minimum Gasteiger partial charge on any atom is -0.494 e. The number of Topliss-reactive ketones (excluding diaryl/α,β-unsaturated/α-hetero) is 1. The number of sulfonamides is 1. The van der Waals surface area contributed by atoms with Gasteiger partial charge in [0.15, 0.2) is 5.96 Å². The summed E-state index contributed by atoms with van der Waals surface area (Å²) in [7, 11) is -4.01.